The Morgan fingerprint density at radius 3 is 0.891 bits per heavy atom. The lowest BCUT2D eigenvalue weighted by Crippen LogP contribution is -2.55. The summed E-state index contributed by atoms with van der Waals surface area (Å²) >= 11 is 0. The van der Waals surface area contributed by atoms with Crippen LogP contribution in [-0.4, -0.2) is 78.5 Å². The van der Waals surface area contributed by atoms with Crippen LogP contribution in [0, 0.1) is 0 Å². The number of benzene rings is 5. The van der Waals surface area contributed by atoms with Gasteiger partial charge in [0.2, 0.25) is 0 Å². The summed E-state index contributed by atoms with van der Waals surface area (Å²) in [4.78, 5) is 0. The summed E-state index contributed by atoms with van der Waals surface area (Å²) in [6, 6.07) is 24.4. The van der Waals surface area contributed by atoms with Crippen LogP contribution in [0.2, 0.25) is 0 Å². The van der Waals surface area contributed by atoms with Gasteiger partial charge in [-0.05, 0) is 50.6 Å². The van der Waals surface area contributed by atoms with Gasteiger partial charge < -0.3 is 0 Å². The summed E-state index contributed by atoms with van der Waals surface area (Å²) in [5.41, 5.74) is 6.57. The number of hydrogen-bond donors (Lipinski definition) is 0. The Labute approximate surface area is 287 Å². The minimum atomic E-state index is -0.587. The largest absolute Gasteiger partial charge is 0.113 e. The molecule has 10 heteroatoms. The van der Waals surface area contributed by atoms with Crippen LogP contribution < -0.4 is 54.6 Å². The van der Waals surface area contributed by atoms with E-state index >= 15 is 0 Å². The molecule has 0 amide bonds. The first kappa shape index (κ1) is 34.1. The van der Waals surface area contributed by atoms with Crippen LogP contribution >= 0.6 is 0 Å². The maximum Gasteiger partial charge on any atom is 0.113 e. The third-order valence-electron chi connectivity index (χ3n) is 9.43. The maximum atomic E-state index is 6.72. The molecule has 20 radical (unpaired) electrons. The van der Waals surface area contributed by atoms with Crippen molar-refractivity contribution in [3.05, 3.63) is 95.1 Å². The van der Waals surface area contributed by atoms with Gasteiger partial charge in [0.25, 0.3) is 0 Å². The van der Waals surface area contributed by atoms with Gasteiger partial charge in [0.15, 0.2) is 0 Å². The zero-order chi connectivity index (χ0) is 33.9. The van der Waals surface area contributed by atoms with Crippen molar-refractivity contribution in [3.8, 4) is 22.3 Å². The predicted molar refractivity (Wildman–Crippen MR) is 208 cm³/mol. The van der Waals surface area contributed by atoms with Gasteiger partial charge in [0.05, 0.1) is 0 Å². The summed E-state index contributed by atoms with van der Waals surface area (Å²) in [5, 5.41) is 0. The molecule has 5 rings (SSSR count). The highest BCUT2D eigenvalue weighted by atomic mass is 14.4. The van der Waals surface area contributed by atoms with E-state index < -0.39 is 10.8 Å². The average molecular weight is 565 g/mol. The molecule has 0 aliphatic heterocycles. The highest BCUT2D eigenvalue weighted by Gasteiger charge is 2.34. The van der Waals surface area contributed by atoms with E-state index in [1.807, 2.05) is 42.5 Å². The Bertz CT molecular complexity index is 1780. The monoisotopic (exact) mass is 566 g/mol. The van der Waals surface area contributed by atoms with Crippen molar-refractivity contribution in [1.82, 2.24) is 0 Å². The Hall–Kier alpha value is -3.25. The van der Waals surface area contributed by atoms with Crippen molar-refractivity contribution in [1.29, 1.82) is 0 Å². The minimum absolute atomic E-state index is 0.122. The lowest BCUT2D eigenvalue weighted by atomic mass is 9.57. The molecule has 0 N–H and O–H groups in total. The van der Waals surface area contributed by atoms with Gasteiger partial charge in [-0.1, -0.05) is 116 Å². The standard InChI is InChI=1S/C36H24B10/c1-35(2,17-11-7-5-8-12-17)21-16-22(36(3,4)18-13-9-6-10-14-18)20(24-27(39)31(43)34(46)32(44)28(24)40)15-19(21)23-25(37)29(41)33(45)30(42)26(23)38/h5-16H,1-4H3. The Morgan fingerprint density at radius 2 is 0.609 bits per heavy atom. The average Bonchev–Trinajstić information content (AvgIpc) is 3.05. The van der Waals surface area contributed by atoms with Gasteiger partial charge in [-0.3, -0.25) is 0 Å². The molecule has 0 heterocycles. The highest BCUT2D eigenvalue weighted by Crippen LogP contribution is 2.45. The fraction of sp³-hybridized carbons (Fsp3) is 0.167. The number of hydrogen-bond acceptors (Lipinski definition) is 0. The van der Waals surface area contributed by atoms with E-state index in [-0.39, 0.29) is 54.6 Å². The van der Waals surface area contributed by atoms with Crippen LogP contribution in [-0.2, 0) is 10.8 Å². The highest BCUT2D eigenvalue weighted by molar-refractivity contribution is 6.70. The van der Waals surface area contributed by atoms with Crippen LogP contribution in [0.3, 0.4) is 0 Å². The first-order chi connectivity index (χ1) is 21.5. The van der Waals surface area contributed by atoms with E-state index in [1.165, 1.54) is 0 Å². The Balaban J connectivity index is 2.06. The third-order valence-corrected chi connectivity index (χ3v) is 9.43. The molecule has 0 aliphatic rings. The normalized spacial score (nSPS) is 11.9. The number of rotatable bonds is 6. The van der Waals surface area contributed by atoms with Crippen molar-refractivity contribution >= 4 is 133 Å². The predicted octanol–water partition coefficient (Wildman–Crippen LogP) is -2.39. The summed E-state index contributed by atoms with van der Waals surface area (Å²) in [5.74, 6) is 0. The summed E-state index contributed by atoms with van der Waals surface area (Å²) in [6.45, 7) is 8.55. The molecule has 46 heavy (non-hydrogen) atoms. The van der Waals surface area contributed by atoms with Crippen LogP contribution in [0.25, 0.3) is 22.3 Å². The lowest BCUT2D eigenvalue weighted by molar-refractivity contribution is 0.620. The lowest BCUT2D eigenvalue weighted by Gasteiger charge is -2.37. The SMILES string of the molecule is [B]c1c([B])c([B])c(-c2cc(-c3c([B])c([B])c([B])c([B])c3[B])c(C(C)(C)c3ccccc3)cc2C(C)(C)c2ccccc2)c([B])c1[B]. The smallest absolute Gasteiger partial charge is 0.112 e. The molecule has 0 atom stereocenters. The molecule has 0 saturated heterocycles. The Morgan fingerprint density at radius 1 is 0.348 bits per heavy atom. The van der Waals surface area contributed by atoms with Crippen LogP contribution in [0.1, 0.15) is 49.9 Å². The van der Waals surface area contributed by atoms with Gasteiger partial charge in [0, 0.05) is 10.8 Å². The van der Waals surface area contributed by atoms with Gasteiger partial charge >= 0.3 is 0 Å². The molecule has 5 aromatic carbocycles. The summed E-state index contributed by atoms with van der Waals surface area (Å²) < 4.78 is 0. The minimum Gasteiger partial charge on any atom is -0.112 e. The van der Waals surface area contributed by atoms with Crippen molar-refractivity contribution in [3.63, 3.8) is 0 Å². The topological polar surface area (TPSA) is 0 Å². The molecule has 0 spiro atoms. The molecular formula is C36H24B10. The van der Waals surface area contributed by atoms with Crippen LogP contribution in [0.4, 0.5) is 0 Å². The zero-order valence-electron chi connectivity index (χ0n) is 26.7. The summed E-state index contributed by atoms with van der Waals surface area (Å²) in [6.07, 6.45) is 0. The molecule has 0 unspecified atom stereocenters. The third kappa shape index (κ3) is 5.44. The fourth-order valence-electron chi connectivity index (χ4n) is 6.35. The molecule has 0 saturated carbocycles. The van der Waals surface area contributed by atoms with E-state index in [1.54, 1.807) is 0 Å². The molecule has 198 valence electrons. The first-order valence-electron chi connectivity index (χ1n) is 14.9. The summed E-state index contributed by atoms with van der Waals surface area (Å²) in [7, 11) is 65.0. The van der Waals surface area contributed by atoms with Crippen molar-refractivity contribution in [2.45, 2.75) is 38.5 Å². The zero-order valence-corrected chi connectivity index (χ0v) is 26.7. The second-order valence-corrected chi connectivity index (χ2v) is 12.8. The van der Waals surface area contributed by atoms with Crippen LogP contribution in [0.5, 0.6) is 0 Å². The first-order valence-corrected chi connectivity index (χ1v) is 14.9. The van der Waals surface area contributed by atoms with E-state index in [0.29, 0.717) is 22.3 Å². The van der Waals surface area contributed by atoms with E-state index in [4.69, 9.17) is 78.5 Å². The molecular weight excluding hydrogens is 541 g/mol. The van der Waals surface area contributed by atoms with Crippen LogP contribution in [0.15, 0.2) is 72.8 Å². The molecule has 5 aromatic rings. The Kier molecular flexibility index (Phi) is 9.20. The van der Waals surface area contributed by atoms with E-state index in [9.17, 15) is 0 Å². The van der Waals surface area contributed by atoms with Crippen molar-refractivity contribution < 1.29 is 0 Å². The van der Waals surface area contributed by atoms with Crippen molar-refractivity contribution in [2.75, 3.05) is 0 Å². The molecule has 0 bridgehead atoms. The van der Waals surface area contributed by atoms with Gasteiger partial charge in [-0.2, -0.15) is 0 Å². The van der Waals surface area contributed by atoms with E-state index in [0.717, 1.165) is 22.3 Å². The van der Waals surface area contributed by atoms with Crippen molar-refractivity contribution in [2.24, 2.45) is 0 Å². The molecule has 0 aromatic heterocycles. The quantitative estimate of drug-likeness (QED) is 0.202. The molecule has 0 nitrogen and oxygen atoms in total. The van der Waals surface area contributed by atoms with E-state index in [2.05, 4.69) is 58.0 Å². The molecule has 0 aliphatic carbocycles. The van der Waals surface area contributed by atoms with Gasteiger partial charge in [-0.15, -0.1) is 32.8 Å². The maximum absolute atomic E-state index is 6.72. The molecule has 0 fully saturated rings. The fourth-order valence-corrected chi connectivity index (χ4v) is 6.35. The van der Waals surface area contributed by atoms with Gasteiger partial charge in [-0.25, -0.2) is 0 Å². The second kappa shape index (κ2) is 12.4. The second-order valence-electron chi connectivity index (χ2n) is 12.8. The van der Waals surface area contributed by atoms with Gasteiger partial charge in [0.1, 0.15) is 78.5 Å².